The third-order valence-corrected chi connectivity index (χ3v) is 5.71. The van der Waals surface area contributed by atoms with Gasteiger partial charge >= 0.3 is 0 Å². The van der Waals surface area contributed by atoms with Gasteiger partial charge in [0, 0.05) is 12.4 Å². The lowest BCUT2D eigenvalue weighted by molar-refractivity contribution is 0.0937. The van der Waals surface area contributed by atoms with Gasteiger partial charge in [-0.1, -0.05) is 36.0 Å². The number of hydrogen-bond acceptors (Lipinski definition) is 5. The normalized spacial score (nSPS) is 16.5. The van der Waals surface area contributed by atoms with Gasteiger partial charge in [0.25, 0.3) is 5.56 Å². The lowest BCUT2D eigenvalue weighted by atomic mass is 10.2. The number of fused-ring (bicyclic) bond motifs is 1. The minimum Gasteiger partial charge on any atom is -0.376 e. The van der Waals surface area contributed by atoms with E-state index in [0.29, 0.717) is 33.9 Å². The number of nitriles is 1. The van der Waals surface area contributed by atoms with Crippen molar-refractivity contribution >= 4 is 22.7 Å². The smallest absolute Gasteiger partial charge is 0.262 e. The Kier molecular flexibility index (Phi) is 5.23. The van der Waals surface area contributed by atoms with Crippen molar-refractivity contribution in [3.05, 3.63) is 70.0 Å². The minimum absolute atomic E-state index is 0.0237. The third-order valence-electron chi connectivity index (χ3n) is 4.66. The predicted octanol–water partition coefficient (Wildman–Crippen LogP) is 3.74. The maximum Gasteiger partial charge on any atom is 0.262 e. The average Bonchev–Trinajstić information content (AvgIpc) is 3.22. The molecule has 0 aliphatic carbocycles. The summed E-state index contributed by atoms with van der Waals surface area (Å²) < 4.78 is 7.49. The molecule has 0 N–H and O–H groups in total. The highest BCUT2D eigenvalue weighted by atomic mass is 32.2. The summed E-state index contributed by atoms with van der Waals surface area (Å²) in [6.45, 7) is 1.28. The lowest BCUT2D eigenvalue weighted by Crippen LogP contribution is -2.28. The van der Waals surface area contributed by atoms with Crippen molar-refractivity contribution in [1.82, 2.24) is 9.55 Å². The third kappa shape index (κ3) is 3.90. The van der Waals surface area contributed by atoms with E-state index >= 15 is 0 Å². The first-order chi connectivity index (χ1) is 13.2. The molecule has 0 saturated carbocycles. The first-order valence-corrected chi connectivity index (χ1v) is 9.96. The molecule has 5 nitrogen and oxygen atoms in total. The van der Waals surface area contributed by atoms with Crippen LogP contribution in [0.15, 0.2) is 58.5 Å². The van der Waals surface area contributed by atoms with Gasteiger partial charge in [0.1, 0.15) is 0 Å². The Morgan fingerprint density at radius 2 is 2.15 bits per heavy atom. The van der Waals surface area contributed by atoms with E-state index < -0.39 is 0 Å². The number of rotatable bonds is 5. The van der Waals surface area contributed by atoms with Crippen LogP contribution in [0.3, 0.4) is 0 Å². The van der Waals surface area contributed by atoms with E-state index in [9.17, 15) is 4.79 Å². The summed E-state index contributed by atoms with van der Waals surface area (Å²) in [4.78, 5) is 17.8. The van der Waals surface area contributed by atoms with Crippen molar-refractivity contribution < 1.29 is 4.74 Å². The largest absolute Gasteiger partial charge is 0.376 e. The molecule has 4 rings (SSSR count). The van der Waals surface area contributed by atoms with Crippen LogP contribution in [-0.4, -0.2) is 22.3 Å². The Bertz CT molecular complexity index is 1060. The van der Waals surface area contributed by atoms with Gasteiger partial charge in [-0.3, -0.25) is 9.36 Å². The van der Waals surface area contributed by atoms with E-state index in [-0.39, 0.29) is 11.7 Å². The Hall–Kier alpha value is -2.62. The number of aromatic nitrogens is 2. The molecular formula is C21H19N3O2S. The van der Waals surface area contributed by atoms with E-state index in [1.54, 1.807) is 10.6 Å². The van der Waals surface area contributed by atoms with Gasteiger partial charge < -0.3 is 4.74 Å². The van der Waals surface area contributed by atoms with E-state index in [1.807, 2.05) is 42.5 Å². The van der Waals surface area contributed by atoms with E-state index in [2.05, 4.69) is 6.07 Å². The number of hydrogen-bond donors (Lipinski definition) is 0. The average molecular weight is 377 g/mol. The number of ether oxygens (including phenoxy) is 1. The van der Waals surface area contributed by atoms with Crippen LogP contribution in [-0.2, 0) is 17.0 Å². The highest BCUT2D eigenvalue weighted by molar-refractivity contribution is 7.98. The summed E-state index contributed by atoms with van der Waals surface area (Å²) in [6.07, 6.45) is 2.06. The van der Waals surface area contributed by atoms with Gasteiger partial charge in [-0.15, -0.1) is 0 Å². The van der Waals surface area contributed by atoms with Crippen LogP contribution in [0.1, 0.15) is 24.0 Å². The molecule has 1 aliphatic heterocycles. The van der Waals surface area contributed by atoms with Crippen molar-refractivity contribution in [2.45, 2.75) is 36.4 Å². The summed E-state index contributed by atoms with van der Waals surface area (Å²) in [5, 5.41) is 10.4. The molecule has 3 aromatic rings. The molecule has 0 amide bonds. The van der Waals surface area contributed by atoms with Gasteiger partial charge in [0.2, 0.25) is 0 Å². The van der Waals surface area contributed by atoms with Crippen molar-refractivity contribution in [3.63, 3.8) is 0 Å². The molecule has 6 heteroatoms. The van der Waals surface area contributed by atoms with Crippen molar-refractivity contribution in [1.29, 1.82) is 5.26 Å². The number of thioether (sulfide) groups is 1. The predicted molar refractivity (Wildman–Crippen MR) is 106 cm³/mol. The first-order valence-electron chi connectivity index (χ1n) is 8.97. The fraction of sp³-hybridized carbons (Fsp3) is 0.286. The summed E-state index contributed by atoms with van der Waals surface area (Å²) in [7, 11) is 0. The fourth-order valence-electron chi connectivity index (χ4n) is 3.29. The quantitative estimate of drug-likeness (QED) is 0.500. The molecular weight excluding hydrogens is 358 g/mol. The SMILES string of the molecule is N#Cc1cccc(CSc2nc3ccccc3c(=O)n2C[C@@H]2CCCO2)c1. The Balaban J connectivity index is 1.68. The van der Waals surface area contributed by atoms with Crippen LogP contribution >= 0.6 is 11.8 Å². The van der Waals surface area contributed by atoms with Gasteiger partial charge in [-0.2, -0.15) is 5.26 Å². The standard InChI is InChI=1S/C21H19N3O2S/c22-12-15-5-3-6-16(11-15)14-27-21-23-19-9-2-1-8-18(19)20(25)24(21)13-17-7-4-10-26-17/h1-3,5-6,8-9,11,17H,4,7,10,13-14H2/t17-/m0/s1. The second-order valence-electron chi connectivity index (χ2n) is 6.56. The highest BCUT2D eigenvalue weighted by Crippen LogP contribution is 2.24. The minimum atomic E-state index is -0.0237. The number of para-hydroxylation sites is 1. The molecule has 1 aliphatic rings. The summed E-state index contributed by atoms with van der Waals surface area (Å²) in [6, 6.07) is 17.1. The molecule has 27 heavy (non-hydrogen) atoms. The van der Waals surface area contributed by atoms with Crippen molar-refractivity contribution in [3.8, 4) is 6.07 Å². The Morgan fingerprint density at radius 3 is 2.96 bits per heavy atom. The second kappa shape index (κ2) is 7.95. The zero-order valence-electron chi connectivity index (χ0n) is 14.8. The summed E-state index contributed by atoms with van der Waals surface area (Å²) >= 11 is 1.52. The highest BCUT2D eigenvalue weighted by Gasteiger charge is 2.20. The van der Waals surface area contributed by atoms with Gasteiger partial charge in [-0.25, -0.2) is 4.98 Å². The second-order valence-corrected chi connectivity index (χ2v) is 7.51. The zero-order valence-corrected chi connectivity index (χ0v) is 15.6. The van der Waals surface area contributed by atoms with E-state index in [0.717, 1.165) is 25.0 Å². The molecule has 1 atom stereocenters. The maximum atomic E-state index is 13.1. The van der Waals surface area contributed by atoms with Crippen LogP contribution in [0.5, 0.6) is 0 Å². The molecule has 1 fully saturated rings. The van der Waals surface area contributed by atoms with Gasteiger partial charge in [-0.05, 0) is 42.7 Å². The van der Waals surface area contributed by atoms with Crippen LogP contribution in [0.25, 0.3) is 10.9 Å². The van der Waals surface area contributed by atoms with Gasteiger partial charge in [0.05, 0.1) is 35.2 Å². The Morgan fingerprint density at radius 1 is 1.26 bits per heavy atom. The summed E-state index contributed by atoms with van der Waals surface area (Å²) in [5.41, 5.74) is 2.35. The number of nitrogens with zero attached hydrogens (tertiary/aromatic N) is 3. The summed E-state index contributed by atoms with van der Waals surface area (Å²) in [5.74, 6) is 0.645. The van der Waals surface area contributed by atoms with Crippen molar-refractivity contribution in [2.24, 2.45) is 0 Å². The molecule has 136 valence electrons. The maximum absolute atomic E-state index is 13.1. The van der Waals surface area contributed by atoms with E-state index in [4.69, 9.17) is 15.0 Å². The molecule has 1 saturated heterocycles. The molecule has 2 aromatic carbocycles. The molecule has 2 heterocycles. The van der Waals surface area contributed by atoms with Crippen LogP contribution in [0.2, 0.25) is 0 Å². The van der Waals surface area contributed by atoms with Crippen molar-refractivity contribution in [2.75, 3.05) is 6.61 Å². The van der Waals surface area contributed by atoms with Crippen LogP contribution in [0.4, 0.5) is 0 Å². The molecule has 0 unspecified atom stereocenters. The topological polar surface area (TPSA) is 67.9 Å². The molecule has 0 radical (unpaired) electrons. The molecule has 0 bridgehead atoms. The molecule has 0 spiro atoms. The number of benzene rings is 2. The lowest BCUT2D eigenvalue weighted by Gasteiger charge is -2.16. The zero-order chi connectivity index (χ0) is 18.6. The van der Waals surface area contributed by atoms with E-state index in [1.165, 1.54) is 11.8 Å². The van der Waals surface area contributed by atoms with Gasteiger partial charge in [0.15, 0.2) is 5.16 Å². The Labute approximate surface area is 161 Å². The van der Waals surface area contributed by atoms with Crippen LogP contribution < -0.4 is 5.56 Å². The molecule has 1 aromatic heterocycles. The monoisotopic (exact) mass is 377 g/mol. The van der Waals surface area contributed by atoms with Crippen LogP contribution in [0, 0.1) is 11.3 Å². The first kappa shape index (κ1) is 17.8. The fourth-order valence-corrected chi connectivity index (χ4v) is 4.24.